The van der Waals surface area contributed by atoms with Crippen LogP contribution < -0.4 is 4.90 Å². The van der Waals surface area contributed by atoms with Crippen LogP contribution in [0.2, 0.25) is 0 Å². The van der Waals surface area contributed by atoms with Gasteiger partial charge in [0.05, 0.1) is 0 Å². The van der Waals surface area contributed by atoms with E-state index in [-0.39, 0.29) is 11.7 Å². The highest BCUT2D eigenvalue weighted by Gasteiger charge is 2.38. The number of hydrogen-bond donors (Lipinski definition) is 0. The molecule has 0 saturated carbocycles. The third kappa shape index (κ3) is 4.36. The molecule has 1 amide bonds. The van der Waals surface area contributed by atoms with Crippen LogP contribution in [0, 0.1) is 0 Å². The van der Waals surface area contributed by atoms with Gasteiger partial charge in [0.15, 0.2) is 0 Å². The molecule has 0 bridgehead atoms. The predicted octanol–water partition coefficient (Wildman–Crippen LogP) is 3.90. The van der Waals surface area contributed by atoms with Crippen molar-refractivity contribution in [1.82, 2.24) is 24.6 Å². The van der Waals surface area contributed by atoms with Gasteiger partial charge in [-0.15, -0.1) is 0 Å². The maximum Gasteiger partial charge on any atom is 0.471 e. The lowest BCUT2D eigenvalue weighted by Gasteiger charge is -2.35. The van der Waals surface area contributed by atoms with Gasteiger partial charge in [0.25, 0.3) is 5.91 Å². The monoisotopic (exact) mass is 468 g/mol. The molecule has 0 spiro atoms. The molecule has 0 radical (unpaired) electrons. The third-order valence-corrected chi connectivity index (χ3v) is 5.58. The first-order valence-corrected chi connectivity index (χ1v) is 10.5. The molecule has 1 fully saturated rings. The largest absolute Gasteiger partial charge is 0.471 e. The van der Waals surface area contributed by atoms with Crippen molar-refractivity contribution in [3.63, 3.8) is 0 Å². The van der Waals surface area contributed by atoms with Gasteiger partial charge in [0.2, 0.25) is 5.82 Å². The molecule has 0 aliphatic carbocycles. The van der Waals surface area contributed by atoms with Crippen LogP contribution in [0.5, 0.6) is 0 Å². The molecule has 0 N–H and O–H groups in total. The van der Waals surface area contributed by atoms with E-state index in [9.17, 15) is 18.0 Å². The molecule has 0 unspecified atom stereocenters. The Morgan fingerprint density at radius 1 is 0.941 bits per heavy atom. The van der Waals surface area contributed by atoms with E-state index in [0.29, 0.717) is 43.1 Å². The fraction of sp³-hybridized carbons (Fsp3) is 0.217. The fourth-order valence-corrected chi connectivity index (χ4v) is 3.77. The molecule has 1 aromatic carbocycles. The first kappa shape index (κ1) is 21.7. The van der Waals surface area contributed by atoms with Gasteiger partial charge in [-0.25, -0.2) is 4.98 Å². The number of halogens is 3. The smallest absolute Gasteiger partial charge is 0.353 e. The van der Waals surface area contributed by atoms with Crippen molar-refractivity contribution >= 4 is 11.7 Å². The summed E-state index contributed by atoms with van der Waals surface area (Å²) in [6, 6.07) is 14.6. The molecule has 1 saturated heterocycles. The van der Waals surface area contributed by atoms with E-state index in [0.717, 1.165) is 5.69 Å². The molecule has 5 rings (SSSR count). The molecule has 1 aliphatic heterocycles. The number of hydrogen-bond acceptors (Lipinski definition) is 6. The van der Waals surface area contributed by atoms with Crippen LogP contribution in [0.15, 0.2) is 71.6 Å². The van der Waals surface area contributed by atoms with Crippen LogP contribution in [-0.4, -0.2) is 56.7 Å². The van der Waals surface area contributed by atoms with E-state index in [1.807, 2.05) is 58.3 Å². The van der Waals surface area contributed by atoms with Crippen molar-refractivity contribution in [2.45, 2.75) is 6.18 Å². The molecule has 4 heterocycles. The number of piperazine rings is 1. The summed E-state index contributed by atoms with van der Waals surface area (Å²) >= 11 is 0. The van der Waals surface area contributed by atoms with Gasteiger partial charge in [-0.05, 0) is 48.5 Å². The predicted molar refractivity (Wildman–Crippen MR) is 116 cm³/mol. The molecular formula is C23H19F3N6O2. The van der Waals surface area contributed by atoms with Crippen LogP contribution in [-0.2, 0) is 6.18 Å². The molecule has 8 nitrogen and oxygen atoms in total. The second-order valence-corrected chi connectivity index (χ2v) is 7.74. The number of benzene rings is 1. The van der Waals surface area contributed by atoms with Crippen LogP contribution in [0.1, 0.15) is 16.2 Å². The lowest BCUT2D eigenvalue weighted by molar-refractivity contribution is -0.159. The van der Waals surface area contributed by atoms with Gasteiger partial charge < -0.3 is 18.9 Å². The Morgan fingerprint density at radius 2 is 1.65 bits per heavy atom. The third-order valence-electron chi connectivity index (χ3n) is 5.58. The van der Waals surface area contributed by atoms with Gasteiger partial charge in [-0.3, -0.25) is 4.79 Å². The Labute approximate surface area is 192 Å². The van der Waals surface area contributed by atoms with E-state index in [1.54, 1.807) is 17.0 Å². The van der Waals surface area contributed by atoms with Gasteiger partial charge >= 0.3 is 12.1 Å². The molecule has 1 aliphatic rings. The van der Waals surface area contributed by atoms with Crippen molar-refractivity contribution in [1.29, 1.82) is 0 Å². The first-order valence-electron chi connectivity index (χ1n) is 10.5. The molecule has 34 heavy (non-hydrogen) atoms. The highest BCUT2D eigenvalue weighted by Crippen LogP contribution is 2.29. The highest BCUT2D eigenvalue weighted by molar-refractivity contribution is 5.94. The first-order chi connectivity index (χ1) is 16.4. The van der Waals surface area contributed by atoms with Crippen LogP contribution in [0.4, 0.5) is 19.0 Å². The van der Waals surface area contributed by atoms with Gasteiger partial charge in [0.1, 0.15) is 5.82 Å². The number of aromatic nitrogens is 4. The van der Waals surface area contributed by atoms with Crippen molar-refractivity contribution in [2.24, 2.45) is 0 Å². The van der Waals surface area contributed by atoms with E-state index in [2.05, 4.69) is 19.6 Å². The number of rotatable bonds is 4. The number of nitrogens with zero attached hydrogens (tertiary/aromatic N) is 6. The summed E-state index contributed by atoms with van der Waals surface area (Å²) in [7, 11) is 0. The molecule has 174 valence electrons. The Morgan fingerprint density at radius 3 is 2.24 bits per heavy atom. The summed E-state index contributed by atoms with van der Waals surface area (Å²) in [4.78, 5) is 24.4. The average molecular weight is 468 g/mol. The summed E-state index contributed by atoms with van der Waals surface area (Å²) in [6.07, 6.45) is 0.599. The topological polar surface area (TPSA) is 80.3 Å². The van der Waals surface area contributed by atoms with E-state index in [1.165, 1.54) is 6.20 Å². The van der Waals surface area contributed by atoms with Crippen LogP contribution in [0.3, 0.4) is 0 Å². The Balaban J connectivity index is 1.19. The van der Waals surface area contributed by atoms with E-state index in [4.69, 9.17) is 0 Å². The summed E-state index contributed by atoms with van der Waals surface area (Å²) in [5, 5.41) is 3.37. The Kier molecular flexibility index (Phi) is 5.52. The zero-order valence-electron chi connectivity index (χ0n) is 17.8. The van der Waals surface area contributed by atoms with Crippen molar-refractivity contribution < 1.29 is 22.5 Å². The summed E-state index contributed by atoms with van der Waals surface area (Å²) in [5.41, 5.74) is 1.93. The standard InChI is InChI=1S/C23H19F3N6O2/c24-23(25,26)22-28-20(29-34-22)17-5-8-19(27-15-17)31-11-13-32(14-12-31)21(33)16-3-6-18(7-4-16)30-9-1-2-10-30/h1-10,15H,11-14H2. The van der Waals surface area contributed by atoms with Gasteiger partial charge in [0, 0.05) is 61.6 Å². The van der Waals surface area contributed by atoms with Crippen molar-refractivity contribution in [3.8, 4) is 17.1 Å². The quantitative estimate of drug-likeness (QED) is 0.452. The zero-order chi connectivity index (χ0) is 23.7. The lowest BCUT2D eigenvalue weighted by Crippen LogP contribution is -2.49. The van der Waals surface area contributed by atoms with Gasteiger partial charge in [-0.2, -0.15) is 18.2 Å². The Hall–Kier alpha value is -4.15. The second kappa shape index (κ2) is 8.65. The molecule has 4 aromatic rings. The number of anilines is 1. The van der Waals surface area contributed by atoms with Crippen LogP contribution >= 0.6 is 0 Å². The maximum absolute atomic E-state index is 12.9. The zero-order valence-corrected chi connectivity index (χ0v) is 17.8. The van der Waals surface area contributed by atoms with Crippen LogP contribution in [0.25, 0.3) is 17.1 Å². The molecular weight excluding hydrogens is 449 g/mol. The number of pyridine rings is 1. The van der Waals surface area contributed by atoms with E-state index >= 15 is 0 Å². The molecule has 0 atom stereocenters. The van der Waals surface area contributed by atoms with Gasteiger partial charge in [-0.1, -0.05) is 5.16 Å². The second-order valence-electron chi connectivity index (χ2n) is 7.74. The lowest BCUT2D eigenvalue weighted by atomic mass is 10.1. The summed E-state index contributed by atoms with van der Waals surface area (Å²) < 4.78 is 44.2. The normalized spacial score (nSPS) is 14.4. The minimum absolute atomic E-state index is 0.0282. The maximum atomic E-state index is 12.9. The van der Waals surface area contributed by atoms with Crippen molar-refractivity contribution in [2.75, 3.05) is 31.1 Å². The summed E-state index contributed by atoms with van der Waals surface area (Å²) in [6.45, 7) is 2.22. The Bertz CT molecular complexity index is 1260. The number of alkyl halides is 3. The minimum Gasteiger partial charge on any atom is -0.353 e. The minimum atomic E-state index is -4.69. The van der Waals surface area contributed by atoms with Crippen molar-refractivity contribution in [3.05, 3.63) is 78.6 Å². The number of amides is 1. The SMILES string of the molecule is O=C(c1ccc(-n2cccc2)cc1)N1CCN(c2ccc(-c3noc(C(F)(F)F)n3)cn2)CC1. The average Bonchev–Trinajstić information content (AvgIpc) is 3.57. The molecule has 11 heteroatoms. The number of carbonyl (C=O) groups excluding carboxylic acids is 1. The van der Waals surface area contributed by atoms with E-state index < -0.39 is 12.1 Å². The highest BCUT2D eigenvalue weighted by atomic mass is 19.4. The number of carbonyl (C=O) groups is 1. The molecule has 3 aromatic heterocycles. The summed E-state index contributed by atoms with van der Waals surface area (Å²) in [5.74, 6) is -0.942. The fourth-order valence-electron chi connectivity index (χ4n) is 3.77.